The van der Waals surface area contributed by atoms with E-state index in [0.717, 1.165) is 10.0 Å². The number of benzene rings is 2. The van der Waals surface area contributed by atoms with Crippen molar-refractivity contribution in [3.63, 3.8) is 0 Å². The number of hydroxylamine groups is 1. The van der Waals surface area contributed by atoms with Crippen LogP contribution < -0.4 is 10.6 Å². The predicted molar refractivity (Wildman–Crippen MR) is 119 cm³/mol. The Morgan fingerprint density at radius 1 is 1.03 bits per heavy atom. The zero-order valence-electron chi connectivity index (χ0n) is 17.2. The molecule has 0 saturated carbocycles. The van der Waals surface area contributed by atoms with Crippen LogP contribution in [-0.4, -0.2) is 49.9 Å². The summed E-state index contributed by atoms with van der Waals surface area (Å²) in [4.78, 5) is 29.2. The molecule has 2 aromatic rings. The van der Waals surface area contributed by atoms with Crippen molar-refractivity contribution in [2.24, 2.45) is 0 Å². The highest BCUT2D eigenvalue weighted by molar-refractivity contribution is 8.01. The van der Waals surface area contributed by atoms with Crippen LogP contribution in [0, 0.1) is 6.92 Å². The number of aryl methyl sites for hydroxylation is 1. The monoisotopic (exact) mass is 451 g/mol. The second-order valence-electron chi connectivity index (χ2n) is 6.48. The Labute approximate surface area is 181 Å². The van der Waals surface area contributed by atoms with Crippen LogP contribution in [0.4, 0.5) is 11.4 Å². The number of sulfonamides is 1. The van der Waals surface area contributed by atoms with Crippen LogP contribution in [-0.2, 0) is 24.4 Å². The van der Waals surface area contributed by atoms with E-state index in [1.807, 2.05) is 31.2 Å². The minimum atomic E-state index is -3.75. The van der Waals surface area contributed by atoms with Crippen molar-refractivity contribution in [3.8, 4) is 0 Å². The third-order valence-corrected chi connectivity index (χ3v) is 7.02. The molecular weight excluding hydrogens is 426 g/mol. The van der Waals surface area contributed by atoms with E-state index >= 15 is 0 Å². The smallest absolute Gasteiger partial charge is 0.264 e. The maximum Gasteiger partial charge on any atom is 0.264 e. The molecule has 162 valence electrons. The highest BCUT2D eigenvalue weighted by Gasteiger charge is 2.21. The third-order valence-electron chi connectivity index (χ3n) is 4.18. The number of carbonyl (C=O) groups is 2. The SMILES string of the molecule is CON(C)S(=O)(=O)c1ccc(NC(=O)C(C)SCC(=O)Nc2ccc(C)cc2)cc1. The number of carbonyl (C=O) groups excluding carboxylic acids is 2. The molecule has 0 spiro atoms. The lowest BCUT2D eigenvalue weighted by molar-refractivity contribution is -0.115. The maximum atomic E-state index is 12.3. The van der Waals surface area contributed by atoms with E-state index in [4.69, 9.17) is 4.84 Å². The Morgan fingerprint density at radius 3 is 2.13 bits per heavy atom. The van der Waals surface area contributed by atoms with Gasteiger partial charge in [-0.2, -0.15) is 0 Å². The predicted octanol–water partition coefficient (Wildman–Crippen LogP) is 2.88. The van der Waals surface area contributed by atoms with Gasteiger partial charge >= 0.3 is 0 Å². The molecule has 0 aliphatic carbocycles. The Bertz CT molecular complexity index is 977. The number of amides is 2. The van der Waals surface area contributed by atoms with E-state index in [9.17, 15) is 18.0 Å². The lowest BCUT2D eigenvalue weighted by atomic mass is 10.2. The molecule has 2 aromatic carbocycles. The molecule has 2 N–H and O–H groups in total. The maximum absolute atomic E-state index is 12.3. The molecule has 8 nitrogen and oxygen atoms in total. The average Bonchev–Trinajstić information content (AvgIpc) is 2.73. The molecule has 0 aliphatic heterocycles. The number of hydrogen-bond donors (Lipinski definition) is 2. The first-order valence-electron chi connectivity index (χ1n) is 9.05. The summed E-state index contributed by atoms with van der Waals surface area (Å²) in [6, 6.07) is 13.2. The van der Waals surface area contributed by atoms with Crippen LogP contribution in [0.25, 0.3) is 0 Å². The van der Waals surface area contributed by atoms with Crippen LogP contribution in [0.15, 0.2) is 53.4 Å². The van der Waals surface area contributed by atoms with Gasteiger partial charge in [-0.25, -0.2) is 8.42 Å². The van der Waals surface area contributed by atoms with Crippen molar-refractivity contribution in [2.45, 2.75) is 24.0 Å². The van der Waals surface area contributed by atoms with Crippen molar-refractivity contribution in [2.75, 3.05) is 30.5 Å². The Balaban J connectivity index is 1.86. The quantitative estimate of drug-likeness (QED) is 0.568. The second-order valence-corrected chi connectivity index (χ2v) is 9.74. The van der Waals surface area contributed by atoms with Crippen LogP contribution in [0.1, 0.15) is 12.5 Å². The van der Waals surface area contributed by atoms with Gasteiger partial charge in [0.05, 0.1) is 23.0 Å². The molecule has 2 rings (SSSR count). The van der Waals surface area contributed by atoms with Crippen LogP contribution in [0.2, 0.25) is 0 Å². The minimum absolute atomic E-state index is 0.0417. The molecule has 1 unspecified atom stereocenters. The first kappa shape index (κ1) is 23.9. The number of hydrogen-bond acceptors (Lipinski definition) is 6. The van der Waals surface area contributed by atoms with Crippen molar-refractivity contribution in [3.05, 3.63) is 54.1 Å². The minimum Gasteiger partial charge on any atom is -0.325 e. The van der Waals surface area contributed by atoms with Gasteiger partial charge in [0.1, 0.15) is 0 Å². The van der Waals surface area contributed by atoms with Gasteiger partial charge in [0.25, 0.3) is 10.0 Å². The highest BCUT2D eigenvalue weighted by atomic mass is 32.2. The summed E-state index contributed by atoms with van der Waals surface area (Å²) in [6.07, 6.45) is 0. The fraction of sp³-hybridized carbons (Fsp3) is 0.300. The molecule has 30 heavy (non-hydrogen) atoms. The van der Waals surface area contributed by atoms with E-state index in [1.165, 1.54) is 50.2 Å². The zero-order valence-corrected chi connectivity index (χ0v) is 18.8. The van der Waals surface area contributed by atoms with E-state index in [0.29, 0.717) is 11.4 Å². The molecule has 0 saturated heterocycles. The van der Waals surface area contributed by atoms with Gasteiger partial charge in [-0.3, -0.25) is 14.4 Å². The van der Waals surface area contributed by atoms with E-state index in [-0.39, 0.29) is 22.5 Å². The number of anilines is 2. The normalized spacial score (nSPS) is 12.4. The summed E-state index contributed by atoms with van der Waals surface area (Å²) >= 11 is 1.21. The van der Waals surface area contributed by atoms with E-state index in [2.05, 4.69) is 10.6 Å². The van der Waals surface area contributed by atoms with Gasteiger partial charge in [0.2, 0.25) is 11.8 Å². The number of thioether (sulfide) groups is 1. The van der Waals surface area contributed by atoms with E-state index < -0.39 is 15.3 Å². The molecule has 1 atom stereocenters. The first-order valence-corrected chi connectivity index (χ1v) is 11.5. The van der Waals surface area contributed by atoms with Crippen LogP contribution in [0.3, 0.4) is 0 Å². The molecule has 0 aliphatic rings. The topological polar surface area (TPSA) is 105 Å². The van der Waals surface area contributed by atoms with Gasteiger partial charge in [0, 0.05) is 18.4 Å². The molecule has 0 fully saturated rings. The Hall–Kier alpha value is -2.40. The summed E-state index contributed by atoms with van der Waals surface area (Å²) in [7, 11) is -1.20. The summed E-state index contributed by atoms with van der Waals surface area (Å²) in [6.45, 7) is 3.66. The van der Waals surface area contributed by atoms with Crippen LogP contribution in [0.5, 0.6) is 0 Å². The summed E-state index contributed by atoms with van der Waals surface area (Å²) in [5.41, 5.74) is 2.26. The number of nitrogens with one attached hydrogen (secondary N) is 2. The van der Waals surface area contributed by atoms with Gasteiger partial charge in [-0.1, -0.05) is 22.2 Å². The fourth-order valence-electron chi connectivity index (χ4n) is 2.31. The van der Waals surface area contributed by atoms with Crippen molar-refractivity contribution in [1.29, 1.82) is 0 Å². The second kappa shape index (κ2) is 10.6. The average molecular weight is 452 g/mol. The molecule has 0 radical (unpaired) electrons. The first-order chi connectivity index (χ1) is 14.1. The van der Waals surface area contributed by atoms with Crippen LogP contribution >= 0.6 is 11.8 Å². The number of rotatable bonds is 9. The van der Waals surface area contributed by atoms with Crippen molar-refractivity contribution < 1.29 is 22.8 Å². The molecule has 0 bridgehead atoms. The molecule has 2 amide bonds. The summed E-state index contributed by atoms with van der Waals surface area (Å²) < 4.78 is 25.1. The van der Waals surface area contributed by atoms with Gasteiger partial charge in [-0.05, 0) is 50.2 Å². The van der Waals surface area contributed by atoms with Crippen molar-refractivity contribution >= 4 is 45.0 Å². The highest BCUT2D eigenvalue weighted by Crippen LogP contribution is 2.19. The Kier molecular flexibility index (Phi) is 8.42. The standard InChI is InChI=1S/C20H25N3O5S2/c1-14-5-7-16(8-6-14)21-19(24)13-29-15(2)20(25)22-17-9-11-18(12-10-17)30(26,27)23(3)28-4/h5-12,15H,13H2,1-4H3,(H,21,24)(H,22,25). The van der Waals surface area contributed by atoms with Gasteiger partial charge in [0.15, 0.2) is 0 Å². The fourth-order valence-corrected chi connectivity index (χ4v) is 3.97. The zero-order chi connectivity index (χ0) is 22.3. The van der Waals surface area contributed by atoms with E-state index in [1.54, 1.807) is 6.92 Å². The largest absolute Gasteiger partial charge is 0.325 e. The molecule has 0 heterocycles. The Morgan fingerprint density at radius 2 is 1.57 bits per heavy atom. The third kappa shape index (κ3) is 6.56. The summed E-state index contributed by atoms with van der Waals surface area (Å²) in [5.74, 6) is -0.351. The number of nitrogens with zero attached hydrogens (tertiary/aromatic N) is 1. The van der Waals surface area contributed by atoms with Crippen molar-refractivity contribution in [1.82, 2.24) is 4.47 Å². The van der Waals surface area contributed by atoms with Gasteiger partial charge < -0.3 is 10.6 Å². The summed E-state index contributed by atoms with van der Waals surface area (Å²) in [5, 5.41) is 5.02. The lowest BCUT2D eigenvalue weighted by Gasteiger charge is -2.15. The lowest BCUT2D eigenvalue weighted by Crippen LogP contribution is -2.26. The molecule has 10 heteroatoms. The molecule has 0 aromatic heterocycles. The van der Waals surface area contributed by atoms with Gasteiger partial charge in [-0.15, -0.1) is 11.8 Å². The molecular formula is C20H25N3O5S2.